The topological polar surface area (TPSA) is 93.5 Å². The quantitative estimate of drug-likeness (QED) is 0.443. The van der Waals surface area contributed by atoms with Crippen molar-refractivity contribution in [2.75, 3.05) is 64.3 Å². The number of hydrogen-bond acceptors (Lipinski definition) is 8. The number of nitrogens with one attached hydrogen (secondary N) is 1. The van der Waals surface area contributed by atoms with Crippen molar-refractivity contribution in [2.45, 2.75) is 19.3 Å². The van der Waals surface area contributed by atoms with Gasteiger partial charge in [-0.2, -0.15) is 0 Å². The first-order chi connectivity index (χ1) is 17.5. The van der Waals surface area contributed by atoms with Crippen LogP contribution in [0.1, 0.15) is 18.4 Å². The predicted octanol–water partition coefficient (Wildman–Crippen LogP) is 4.13. The summed E-state index contributed by atoms with van der Waals surface area (Å²) in [6.45, 7) is 4.76. The number of benzene rings is 2. The molecule has 0 radical (unpaired) electrons. The fraction of sp³-hybridized carbons (Fsp3) is 0.407. The third-order valence-electron chi connectivity index (χ3n) is 6.54. The molecule has 1 fully saturated rings. The largest absolute Gasteiger partial charge is 0.493 e. The Labute approximate surface area is 210 Å². The number of aryl methyl sites for hydroxylation is 1. The van der Waals surface area contributed by atoms with Gasteiger partial charge in [0.15, 0.2) is 16.9 Å². The summed E-state index contributed by atoms with van der Waals surface area (Å²) in [5.41, 5.74) is 2.96. The van der Waals surface area contributed by atoms with Crippen LogP contribution >= 0.6 is 0 Å². The van der Waals surface area contributed by atoms with Gasteiger partial charge in [0.25, 0.3) is 0 Å². The Kier molecular flexibility index (Phi) is 8.32. The molecule has 1 aliphatic heterocycles. The maximum Gasteiger partial charge on any atom is 0.411 e. The first-order valence-electron chi connectivity index (χ1n) is 12.1. The van der Waals surface area contributed by atoms with Crippen LogP contribution in [-0.2, 0) is 11.2 Å². The Hall–Kier alpha value is -3.72. The number of anilines is 2. The molecule has 1 N–H and O–H groups in total. The Bertz CT molecular complexity index is 1250. The van der Waals surface area contributed by atoms with Gasteiger partial charge < -0.3 is 23.5 Å². The molecular formula is C27H33N3O6. The van der Waals surface area contributed by atoms with Crippen molar-refractivity contribution in [3.63, 3.8) is 0 Å². The average molecular weight is 496 g/mol. The van der Waals surface area contributed by atoms with E-state index in [0.717, 1.165) is 56.9 Å². The molecule has 4 rings (SSSR count). The fourth-order valence-electron chi connectivity index (χ4n) is 4.50. The molecule has 1 aliphatic rings. The number of piperazine rings is 1. The molecule has 2 aromatic carbocycles. The average Bonchev–Trinajstić information content (AvgIpc) is 2.92. The van der Waals surface area contributed by atoms with Gasteiger partial charge in [-0.15, -0.1) is 0 Å². The lowest BCUT2D eigenvalue weighted by atomic mass is 10.1. The van der Waals surface area contributed by atoms with E-state index in [0.29, 0.717) is 34.5 Å². The van der Waals surface area contributed by atoms with Gasteiger partial charge in [0.2, 0.25) is 0 Å². The monoisotopic (exact) mass is 495 g/mol. The highest BCUT2D eigenvalue weighted by molar-refractivity contribution is 5.85. The summed E-state index contributed by atoms with van der Waals surface area (Å²) in [7, 11) is 4.46. The van der Waals surface area contributed by atoms with E-state index in [1.165, 1.54) is 7.11 Å². The Morgan fingerprint density at radius 1 is 1.00 bits per heavy atom. The molecule has 0 spiro atoms. The third kappa shape index (κ3) is 5.91. The minimum absolute atomic E-state index is 0.0188. The van der Waals surface area contributed by atoms with Gasteiger partial charge >= 0.3 is 6.09 Å². The van der Waals surface area contributed by atoms with Gasteiger partial charge in [0.1, 0.15) is 5.58 Å². The second kappa shape index (κ2) is 11.8. The zero-order valence-corrected chi connectivity index (χ0v) is 21.0. The second-order valence-electron chi connectivity index (χ2n) is 8.75. The summed E-state index contributed by atoms with van der Waals surface area (Å²) in [4.78, 5) is 29.2. The standard InChI is InChI=1S/C27H33N3O6/c1-33-24-16-22-23(17-25(24)34-2)36-18-19(26(22)31)7-4-5-10-29-11-13-30(14-12-29)21-9-6-8-20(15-21)28-27(32)35-3/h6,8-9,15-18H,4-5,7,10-14H2,1-3H3,(H,28,32). The molecule has 0 atom stereocenters. The first-order valence-corrected chi connectivity index (χ1v) is 12.1. The molecule has 192 valence electrons. The number of amides is 1. The van der Waals surface area contributed by atoms with E-state index in [1.807, 2.05) is 18.2 Å². The zero-order chi connectivity index (χ0) is 25.5. The van der Waals surface area contributed by atoms with E-state index >= 15 is 0 Å². The van der Waals surface area contributed by atoms with E-state index in [2.05, 4.69) is 25.9 Å². The third-order valence-corrected chi connectivity index (χ3v) is 6.54. The van der Waals surface area contributed by atoms with Gasteiger partial charge in [-0.3, -0.25) is 15.0 Å². The predicted molar refractivity (Wildman–Crippen MR) is 140 cm³/mol. The number of rotatable bonds is 9. The van der Waals surface area contributed by atoms with Crippen molar-refractivity contribution in [3.05, 3.63) is 58.4 Å². The molecule has 3 aromatic rings. The number of ether oxygens (including phenoxy) is 3. The molecule has 0 aliphatic carbocycles. The summed E-state index contributed by atoms with van der Waals surface area (Å²) in [5, 5.41) is 3.22. The van der Waals surface area contributed by atoms with Crippen LogP contribution in [0.2, 0.25) is 0 Å². The fourth-order valence-corrected chi connectivity index (χ4v) is 4.50. The molecule has 9 heteroatoms. The zero-order valence-electron chi connectivity index (χ0n) is 21.0. The van der Waals surface area contributed by atoms with E-state index in [1.54, 1.807) is 32.6 Å². The van der Waals surface area contributed by atoms with E-state index in [4.69, 9.17) is 13.9 Å². The van der Waals surface area contributed by atoms with Gasteiger partial charge in [-0.05, 0) is 50.1 Å². The molecule has 9 nitrogen and oxygen atoms in total. The smallest absolute Gasteiger partial charge is 0.411 e. The highest BCUT2D eigenvalue weighted by Crippen LogP contribution is 2.31. The maximum absolute atomic E-state index is 13.0. The van der Waals surface area contributed by atoms with Gasteiger partial charge in [0.05, 0.1) is 33.0 Å². The van der Waals surface area contributed by atoms with Crippen molar-refractivity contribution < 1.29 is 23.4 Å². The van der Waals surface area contributed by atoms with Crippen LogP contribution < -0.4 is 25.1 Å². The minimum atomic E-state index is -0.474. The molecule has 0 unspecified atom stereocenters. The molecule has 1 aromatic heterocycles. The SMILES string of the molecule is COC(=O)Nc1cccc(N2CCN(CCCCc3coc4cc(OC)c(OC)cc4c3=O)CC2)c1. The summed E-state index contributed by atoms with van der Waals surface area (Å²) >= 11 is 0. The lowest BCUT2D eigenvalue weighted by molar-refractivity contribution is 0.187. The van der Waals surface area contributed by atoms with E-state index < -0.39 is 6.09 Å². The Balaban J connectivity index is 1.26. The van der Waals surface area contributed by atoms with Crippen LogP contribution in [-0.4, -0.2) is 65.0 Å². The summed E-state index contributed by atoms with van der Waals surface area (Å²) in [6.07, 6.45) is 3.68. The molecule has 1 saturated heterocycles. The lowest BCUT2D eigenvalue weighted by Gasteiger charge is -2.36. The van der Waals surface area contributed by atoms with Crippen LogP contribution in [0, 0.1) is 0 Å². The normalized spacial score (nSPS) is 14.0. The number of unbranched alkanes of at least 4 members (excludes halogenated alkanes) is 1. The van der Waals surface area contributed by atoms with Crippen molar-refractivity contribution in [1.29, 1.82) is 0 Å². The molecule has 2 heterocycles. The van der Waals surface area contributed by atoms with Crippen LogP contribution in [0.5, 0.6) is 11.5 Å². The molecule has 0 bridgehead atoms. The molecule has 1 amide bonds. The van der Waals surface area contributed by atoms with Gasteiger partial charge in [-0.1, -0.05) is 6.07 Å². The minimum Gasteiger partial charge on any atom is -0.493 e. The lowest BCUT2D eigenvalue weighted by Crippen LogP contribution is -2.46. The van der Waals surface area contributed by atoms with Crippen LogP contribution in [0.15, 0.2) is 51.9 Å². The molecule has 0 saturated carbocycles. The number of carbonyl (C=O) groups is 1. The van der Waals surface area contributed by atoms with Crippen LogP contribution in [0.3, 0.4) is 0 Å². The van der Waals surface area contributed by atoms with E-state index in [9.17, 15) is 9.59 Å². The Morgan fingerprint density at radius 2 is 1.75 bits per heavy atom. The Morgan fingerprint density at radius 3 is 2.47 bits per heavy atom. The van der Waals surface area contributed by atoms with E-state index in [-0.39, 0.29) is 5.43 Å². The molecule has 36 heavy (non-hydrogen) atoms. The van der Waals surface area contributed by atoms with Gasteiger partial charge in [-0.25, -0.2) is 4.79 Å². The highest BCUT2D eigenvalue weighted by Gasteiger charge is 2.18. The number of nitrogens with zero attached hydrogens (tertiary/aromatic N) is 2. The number of fused-ring (bicyclic) bond motifs is 1. The van der Waals surface area contributed by atoms with Crippen LogP contribution in [0.25, 0.3) is 11.0 Å². The molecular weight excluding hydrogens is 462 g/mol. The summed E-state index contributed by atoms with van der Waals surface area (Å²) in [6, 6.07) is 11.2. The number of hydrogen-bond donors (Lipinski definition) is 1. The van der Waals surface area contributed by atoms with Gasteiger partial charge in [0, 0.05) is 49.2 Å². The number of methoxy groups -OCH3 is 3. The number of carbonyl (C=O) groups excluding carboxylic acids is 1. The second-order valence-corrected chi connectivity index (χ2v) is 8.75. The van der Waals surface area contributed by atoms with Crippen molar-refractivity contribution in [3.8, 4) is 11.5 Å². The summed E-state index contributed by atoms with van der Waals surface area (Å²) in [5.74, 6) is 1.05. The highest BCUT2D eigenvalue weighted by atomic mass is 16.5. The van der Waals surface area contributed by atoms with Crippen molar-refractivity contribution in [1.82, 2.24) is 4.90 Å². The van der Waals surface area contributed by atoms with Crippen molar-refractivity contribution in [2.24, 2.45) is 0 Å². The van der Waals surface area contributed by atoms with Crippen LogP contribution in [0.4, 0.5) is 16.2 Å². The van der Waals surface area contributed by atoms with Crippen molar-refractivity contribution >= 4 is 28.4 Å². The summed E-state index contributed by atoms with van der Waals surface area (Å²) < 4.78 is 21.0. The first kappa shape index (κ1) is 25.4. The maximum atomic E-state index is 13.0.